The van der Waals surface area contributed by atoms with E-state index >= 15 is 0 Å². The van der Waals surface area contributed by atoms with Crippen LogP contribution in [0.1, 0.15) is 33.9 Å². The molecule has 2 aromatic rings. The van der Waals surface area contributed by atoms with Crippen LogP contribution < -0.4 is 14.2 Å². The Balaban J connectivity index is 1.73. The predicted octanol–water partition coefficient (Wildman–Crippen LogP) is 4.09. The van der Waals surface area contributed by atoms with E-state index in [1.165, 1.54) is 5.56 Å². The highest BCUT2D eigenvalue weighted by Crippen LogP contribution is 2.51. The number of quaternary nitrogens is 1. The molecule has 28 heavy (non-hydrogen) atoms. The lowest BCUT2D eigenvalue weighted by molar-refractivity contribution is -0.922. The molecular weight excluding hydrogens is 374 g/mol. The molecule has 6 heteroatoms. The molecule has 5 nitrogen and oxygen atoms in total. The van der Waals surface area contributed by atoms with Crippen LogP contribution >= 0.6 is 11.8 Å². The Morgan fingerprint density at radius 2 is 2.00 bits per heavy atom. The summed E-state index contributed by atoms with van der Waals surface area (Å²) in [6, 6.07) is 9.92. The number of ether oxygens (including phenoxy) is 3. The van der Waals surface area contributed by atoms with E-state index in [9.17, 15) is 4.79 Å². The van der Waals surface area contributed by atoms with Crippen molar-refractivity contribution in [2.45, 2.75) is 23.8 Å². The number of thioether (sulfide) groups is 1. The van der Waals surface area contributed by atoms with Crippen molar-refractivity contribution in [3.05, 3.63) is 47.0 Å². The summed E-state index contributed by atoms with van der Waals surface area (Å²) in [6.07, 6.45) is 3.38. The van der Waals surface area contributed by atoms with Crippen LogP contribution in [0.4, 0.5) is 0 Å². The van der Waals surface area contributed by atoms with Crippen LogP contribution in [-0.2, 0) is 6.42 Å². The van der Waals surface area contributed by atoms with Gasteiger partial charge in [-0.05, 0) is 30.0 Å². The molecule has 0 bridgehead atoms. The third-order valence-corrected chi connectivity index (χ3v) is 6.62. The average molecular weight is 401 g/mol. The monoisotopic (exact) mass is 400 g/mol. The van der Waals surface area contributed by atoms with Crippen molar-refractivity contribution in [2.24, 2.45) is 0 Å². The molecule has 0 fully saturated rings. The summed E-state index contributed by atoms with van der Waals surface area (Å²) in [5.74, 6) is 2.26. The van der Waals surface area contributed by atoms with Crippen molar-refractivity contribution < 1.29 is 23.5 Å². The van der Waals surface area contributed by atoms with Gasteiger partial charge in [0, 0.05) is 16.9 Å². The molecule has 2 heterocycles. The fraction of sp³-hybridized carbons (Fsp3) is 0.409. The van der Waals surface area contributed by atoms with E-state index in [0.29, 0.717) is 17.9 Å². The van der Waals surface area contributed by atoms with Crippen LogP contribution in [-0.4, -0.2) is 51.1 Å². The Kier molecular flexibility index (Phi) is 5.02. The van der Waals surface area contributed by atoms with Gasteiger partial charge in [0.1, 0.15) is 6.04 Å². The number of hydrogen-bond donors (Lipinski definition) is 0. The fourth-order valence-electron chi connectivity index (χ4n) is 4.19. The standard InChI is InChI=1S/C22H26NO4S/c1-23(2)10-9-15-11-19-21(27-13-26-19)22(25-3)20(15)17(23)12-18(24)14-5-7-16(28-4)8-6-14/h5-8,11,17H,9-10,12-13H2,1-4H3/q+1/t17-/m0/s1. The number of hydrogen-bond acceptors (Lipinski definition) is 5. The normalized spacial score (nSPS) is 19.2. The molecule has 2 aliphatic rings. The van der Waals surface area contributed by atoms with Gasteiger partial charge in [-0.15, -0.1) is 11.8 Å². The van der Waals surface area contributed by atoms with Crippen LogP contribution in [0, 0.1) is 0 Å². The molecule has 0 spiro atoms. The van der Waals surface area contributed by atoms with Gasteiger partial charge in [0.05, 0.1) is 39.7 Å². The number of fused-ring (bicyclic) bond motifs is 2. The number of ketones is 1. The first-order chi connectivity index (χ1) is 13.4. The Hall–Kier alpha value is -2.18. The summed E-state index contributed by atoms with van der Waals surface area (Å²) >= 11 is 1.67. The van der Waals surface area contributed by atoms with Gasteiger partial charge in [-0.25, -0.2) is 0 Å². The minimum absolute atomic E-state index is 0.000858. The van der Waals surface area contributed by atoms with Gasteiger partial charge < -0.3 is 18.7 Å². The number of carbonyl (C=O) groups is 1. The highest BCUT2D eigenvalue weighted by Gasteiger charge is 2.42. The Labute approximate surface area is 170 Å². The quantitative estimate of drug-likeness (QED) is 0.430. The molecule has 0 N–H and O–H groups in total. The van der Waals surface area contributed by atoms with E-state index in [4.69, 9.17) is 14.2 Å². The molecule has 4 rings (SSSR count). The maximum atomic E-state index is 13.1. The molecule has 1 atom stereocenters. The zero-order valence-corrected chi connectivity index (χ0v) is 17.6. The van der Waals surface area contributed by atoms with Crippen molar-refractivity contribution in [3.8, 4) is 17.2 Å². The number of benzene rings is 2. The fourth-order valence-corrected chi connectivity index (χ4v) is 4.59. The molecule has 0 amide bonds. The SMILES string of the molecule is COc1c2c(cc3c1[C@H](CC(=O)c1ccc(SC)cc1)[N+](C)(C)CC3)OCO2. The van der Waals surface area contributed by atoms with Crippen molar-refractivity contribution in [2.75, 3.05) is 40.8 Å². The molecule has 0 unspecified atom stereocenters. The third kappa shape index (κ3) is 3.25. The topological polar surface area (TPSA) is 44.8 Å². The lowest BCUT2D eigenvalue weighted by atomic mass is 9.86. The number of Topliss-reactive ketones (excluding diaryl/α,β-unsaturated/α-hetero) is 1. The average Bonchev–Trinajstić information content (AvgIpc) is 3.16. The van der Waals surface area contributed by atoms with E-state index in [2.05, 4.69) is 20.2 Å². The summed E-state index contributed by atoms with van der Waals surface area (Å²) in [7, 11) is 6.02. The zero-order chi connectivity index (χ0) is 19.9. The smallest absolute Gasteiger partial charge is 0.231 e. The second-order valence-electron chi connectivity index (χ2n) is 7.84. The molecular formula is C22H26NO4S+. The second-order valence-corrected chi connectivity index (χ2v) is 8.72. The van der Waals surface area contributed by atoms with E-state index < -0.39 is 0 Å². The van der Waals surface area contributed by atoms with Gasteiger partial charge in [-0.1, -0.05) is 12.1 Å². The van der Waals surface area contributed by atoms with Crippen LogP contribution in [0.25, 0.3) is 0 Å². The number of rotatable bonds is 5. The minimum atomic E-state index is 0.000858. The number of methoxy groups -OCH3 is 1. The molecule has 2 aliphatic heterocycles. The first-order valence-electron chi connectivity index (χ1n) is 9.44. The van der Waals surface area contributed by atoms with E-state index in [1.807, 2.05) is 30.5 Å². The van der Waals surface area contributed by atoms with Crippen LogP contribution in [0.2, 0.25) is 0 Å². The van der Waals surface area contributed by atoms with Gasteiger partial charge in [0.15, 0.2) is 17.3 Å². The maximum Gasteiger partial charge on any atom is 0.231 e. The predicted molar refractivity (Wildman–Crippen MR) is 110 cm³/mol. The Morgan fingerprint density at radius 3 is 2.68 bits per heavy atom. The number of nitrogens with zero attached hydrogens (tertiary/aromatic N) is 1. The zero-order valence-electron chi connectivity index (χ0n) is 16.8. The highest BCUT2D eigenvalue weighted by atomic mass is 32.2. The molecule has 0 saturated carbocycles. The Bertz CT molecular complexity index is 908. The van der Waals surface area contributed by atoms with Gasteiger partial charge in [-0.3, -0.25) is 4.79 Å². The summed E-state index contributed by atoms with van der Waals surface area (Å²) in [6.45, 7) is 1.16. The summed E-state index contributed by atoms with van der Waals surface area (Å²) in [5.41, 5.74) is 3.02. The summed E-state index contributed by atoms with van der Waals surface area (Å²) < 4.78 is 17.8. The lowest BCUT2D eigenvalue weighted by Crippen LogP contribution is -2.48. The number of likely N-dealkylation sites (N-methyl/N-ethyl adjacent to an activating group) is 1. The van der Waals surface area contributed by atoms with Gasteiger partial charge in [0.2, 0.25) is 12.5 Å². The Morgan fingerprint density at radius 1 is 1.25 bits per heavy atom. The highest BCUT2D eigenvalue weighted by molar-refractivity contribution is 7.98. The number of carbonyl (C=O) groups excluding carboxylic acids is 1. The van der Waals surface area contributed by atoms with Crippen molar-refractivity contribution in [1.29, 1.82) is 0 Å². The van der Waals surface area contributed by atoms with E-state index in [-0.39, 0.29) is 18.6 Å². The largest absolute Gasteiger partial charge is 0.492 e. The van der Waals surface area contributed by atoms with E-state index in [0.717, 1.165) is 39.2 Å². The summed E-state index contributed by atoms with van der Waals surface area (Å²) in [4.78, 5) is 14.3. The molecule has 2 aromatic carbocycles. The van der Waals surface area contributed by atoms with Crippen molar-refractivity contribution in [3.63, 3.8) is 0 Å². The van der Waals surface area contributed by atoms with Crippen LogP contribution in [0.15, 0.2) is 35.2 Å². The lowest BCUT2D eigenvalue weighted by Gasteiger charge is -2.43. The van der Waals surface area contributed by atoms with Gasteiger partial charge in [0.25, 0.3) is 0 Å². The van der Waals surface area contributed by atoms with Crippen molar-refractivity contribution >= 4 is 17.5 Å². The van der Waals surface area contributed by atoms with Crippen LogP contribution in [0.3, 0.4) is 0 Å². The third-order valence-electron chi connectivity index (χ3n) is 5.87. The molecule has 0 saturated heterocycles. The second kappa shape index (κ2) is 7.33. The van der Waals surface area contributed by atoms with Crippen molar-refractivity contribution in [1.82, 2.24) is 0 Å². The molecule has 0 aromatic heterocycles. The molecule has 0 aliphatic carbocycles. The molecule has 148 valence electrons. The first-order valence-corrected chi connectivity index (χ1v) is 10.7. The maximum absolute atomic E-state index is 13.1. The van der Waals surface area contributed by atoms with Gasteiger partial charge in [-0.2, -0.15) is 0 Å². The van der Waals surface area contributed by atoms with E-state index in [1.54, 1.807) is 18.9 Å². The van der Waals surface area contributed by atoms with Crippen LogP contribution in [0.5, 0.6) is 17.2 Å². The minimum Gasteiger partial charge on any atom is -0.492 e. The van der Waals surface area contributed by atoms with Gasteiger partial charge >= 0.3 is 0 Å². The first kappa shape index (κ1) is 19.2. The molecule has 0 radical (unpaired) electrons. The summed E-state index contributed by atoms with van der Waals surface area (Å²) in [5, 5.41) is 0.